The number of hydrazine groups is 2. The Morgan fingerprint density at radius 2 is 1.44 bits per heavy atom. The zero-order valence-corrected chi connectivity index (χ0v) is 9.73. The normalized spacial score (nSPS) is 14.0. The third kappa shape index (κ3) is 2.28. The molecule has 0 radical (unpaired) electrons. The molecule has 18 heavy (non-hydrogen) atoms. The highest BCUT2D eigenvalue weighted by Crippen LogP contribution is 2.17. The van der Waals surface area contributed by atoms with Crippen molar-refractivity contribution in [2.24, 2.45) is 0 Å². The quantitative estimate of drug-likeness (QED) is 0.891. The Bertz CT molecular complexity index is 527. The molecule has 3 rings (SSSR count). The lowest BCUT2D eigenvalue weighted by atomic mass is 10.3. The first-order chi connectivity index (χ1) is 8.92. The lowest BCUT2D eigenvalue weighted by Gasteiger charge is -2.21. The molecular formula is C14H13N3O. The largest absolute Gasteiger partial charge is 0.363 e. The monoisotopic (exact) mass is 239 g/mol. The molecular weight excluding hydrogens is 226 g/mol. The number of nitrogens with one attached hydrogen (secondary N) is 1. The Morgan fingerprint density at radius 3 is 2.17 bits per heavy atom. The molecule has 0 aromatic heterocycles. The van der Waals surface area contributed by atoms with E-state index in [2.05, 4.69) is 5.53 Å². The number of rotatable bonds is 3. The molecule has 4 heteroatoms. The van der Waals surface area contributed by atoms with E-state index in [4.69, 9.17) is 4.84 Å². The number of benzene rings is 2. The maximum Gasteiger partial charge on any atom is 0.157 e. The molecule has 2 aromatic rings. The van der Waals surface area contributed by atoms with E-state index < -0.39 is 0 Å². The summed E-state index contributed by atoms with van der Waals surface area (Å²) in [5.74, 6) is 0.782. The summed E-state index contributed by atoms with van der Waals surface area (Å²) in [6.07, 6.45) is 3.72. The zero-order valence-electron chi connectivity index (χ0n) is 9.73. The molecule has 0 fully saturated rings. The Morgan fingerprint density at radius 1 is 0.778 bits per heavy atom. The first kappa shape index (κ1) is 10.7. The number of hydrogen-bond acceptors (Lipinski definition) is 4. The molecule has 0 saturated heterocycles. The van der Waals surface area contributed by atoms with Gasteiger partial charge in [0.25, 0.3) is 0 Å². The van der Waals surface area contributed by atoms with Crippen molar-refractivity contribution in [1.29, 1.82) is 0 Å². The van der Waals surface area contributed by atoms with E-state index >= 15 is 0 Å². The van der Waals surface area contributed by atoms with Crippen LogP contribution in [-0.4, -0.2) is 5.17 Å². The highest BCUT2D eigenvalue weighted by Gasteiger charge is 2.13. The van der Waals surface area contributed by atoms with Gasteiger partial charge >= 0.3 is 0 Å². The molecule has 1 aliphatic heterocycles. The van der Waals surface area contributed by atoms with E-state index in [1.807, 2.05) is 78.1 Å². The van der Waals surface area contributed by atoms with Gasteiger partial charge in [0, 0.05) is 6.20 Å². The third-order valence-corrected chi connectivity index (χ3v) is 2.54. The van der Waals surface area contributed by atoms with Crippen molar-refractivity contribution >= 4 is 5.69 Å². The molecule has 0 spiro atoms. The summed E-state index contributed by atoms with van der Waals surface area (Å²) in [7, 11) is 0. The van der Waals surface area contributed by atoms with Gasteiger partial charge in [-0.05, 0) is 24.3 Å². The predicted octanol–water partition coefficient (Wildman–Crippen LogP) is 2.69. The summed E-state index contributed by atoms with van der Waals surface area (Å²) in [6, 6.07) is 19.6. The lowest BCUT2D eigenvalue weighted by Crippen LogP contribution is -2.41. The maximum absolute atomic E-state index is 5.62. The second-order valence-electron chi connectivity index (χ2n) is 3.83. The second kappa shape index (κ2) is 4.81. The van der Waals surface area contributed by atoms with E-state index in [9.17, 15) is 0 Å². The molecule has 2 aromatic carbocycles. The van der Waals surface area contributed by atoms with E-state index in [0.29, 0.717) is 0 Å². The zero-order chi connectivity index (χ0) is 12.2. The van der Waals surface area contributed by atoms with Gasteiger partial charge in [0.05, 0.1) is 11.9 Å². The minimum atomic E-state index is 0.782. The van der Waals surface area contributed by atoms with Crippen LogP contribution in [0.1, 0.15) is 0 Å². The van der Waals surface area contributed by atoms with Crippen LogP contribution in [0.5, 0.6) is 5.75 Å². The molecule has 0 amide bonds. The Kier molecular flexibility index (Phi) is 2.85. The second-order valence-corrected chi connectivity index (χ2v) is 3.83. The Labute approximate surface area is 106 Å². The van der Waals surface area contributed by atoms with Crippen molar-refractivity contribution in [3.05, 3.63) is 73.1 Å². The van der Waals surface area contributed by atoms with E-state index in [1.54, 1.807) is 5.17 Å². The van der Waals surface area contributed by atoms with Crippen molar-refractivity contribution in [3.63, 3.8) is 0 Å². The minimum absolute atomic E-state index is 0.782. The summed E-state index contributed by atoms with van der Waals surface area (Å²) in [5, 5.41) is 3.44. The highest BCUT2D eigenvalue weighted by molar-refractivity contribution is 5.48. The highest BCUT2D eigenvalue weighted by atomic mass is 16.7. The average molecular weight is 239 g/mol. The van der Waals surface area contributed by atoms with Crippen molar-refractivity contribution in [3.8, 4) is 5.75 Å². The van der Waals surface area contributed by atoms with Crippen LogP contribution >= 0.6 is 0 Å². The van der Waals surface area contributed by atoms with Gasteiger partial charge in [-0.2, -0.15) is 0 Å². The maximum atomic E-state index is 5.62. The number of para-hydroxylation sites is 2. The van der Waals surface area contributed by atoms with Crippen LogP contribution in [-0.2, 0) is 0 Å². The number of hydroxylamine groups is 1. The van der Waals surface area contributed by atoms with Crippen LogP contribution in [0, 0.1) is 0 Å². The Balaban J connectivity index is 1.65. The van der Waals surface area contributed by atoms with E-state index in [0.717, 1.165) is 11.4 Å². The molecule has 0 saturated carbocycles. The van der Waals surface area contributed by atoms with Gasteiger partial charge in [0.15, 0.2) is 5.75 Å². The van der Waals surface area contributed by atoms with Gasteiger partial charge < -0.3 is 4.84 Å². The third-order valence-electron chi connectivity index (χ3n) is 2.54. The lowest BCUT2D eigenvalue weighted by molar-refractivity contribution is -0.0468. The fourth-order valence-corrected chi connectivity index (χ4v) is 1.68. The molecule has 1 aliphatic rings. The summed E-state index contributed by atoms with van der Waals surface area (Å²) in [6.45, 7) is 0. The fraction of sp³-hybridized carbons (Fsp3) is 0. The van der Waals surface area contributed by atoms with Crippen molar-refractivity contribution in [1.82, 2.24) is 10.7 Å². The molecule has 90 valence electrons. The van der Waals surface area contributed by atoms with Crippen LogP contribution < -0.4 is 15.4 Å². The molecule has 0 aliphatic carbocycles. The van der Waals surface area contributed by atoms with Crippen molar-refractivity contribution in [2.45, 2.75) is 0 Å². The molecule has 0 atom stereocenters. The first-order valence-corrected chi connectivity index (χ1v) is 5.73. The molecule has 0 bridgehead atoms. The molecule has 4 nitrogen and oxygen atoms in total. The Hall–Kier alpha value is -2.46. The van der Waals surface area contributed by atoms with Crippen molar-refractivity contribution in [2.75, 3.05) is 5.01 Å². The van der Waals surface area contributed by atoms with Crippen LogP contribution in [0.3, 0.4) is 0 Å². The smallest absolute Gasteiger partial charge is 0.157 e. The molecule has 0 unspecified atom stereocenters. The van der Waals surface area contributed by atoms with E-state index in [-0.39, 0.29) is 0 Å². The number of anilines is 1. The van der Waals surface area contributed by atoms with Gasteiger partial charge in [0.2, 0.25) is 0 Å². The topological polar surface area (TPSA) is 27.7 Å². The average Bonchev–Trinajstić information content (AvgIpc) is 2.89. The standard InChI is InChI=1S/C14H13N3O/c1-3-7-13(8-4-1)16-11-12-17(15-16)18-14-9-5-2-6-10-14/h1-12,15H. The molecule has 1 heterocycles. The van der Waals surface area contributed by atoms with Gasteiger partial charge in [-0.15, -0.1) is 10.7 Å². The van der Waals surface area contributed by atoms with Crippen LogP contribution in [0.15, 0.2) is 73.1 Å². The van der Waals surface area contributed by atoms with Gasteiger partial charge in [-0.1, -0.05) is 36.4 Å². The predicted molar refractivity (Wildman–Crippen MR) is 70.1 cm³/mol. The van der Waals surface area contributed by atoms with Crippen LogP contribution in [0.25, 0.3) is 0 Å². The number of nitrogens with zero attached hydrogens (tertiary/aromatic N) is 2. The van der Waals surface area contributed by atoms with Crippen molar-refractivity contribution < 1.29 is 4.84 Å². The minimum Gasteiger partial charge on any atom is -0.363 e. The van der Waals surface area contributed by atoms with Gasteiger partial charge in [-0.25, -0.2) is 0 Å². The van der Waals surface area contributed by atoms with Crippen LogP contribution in [0.2, 0.25) is 0 Å². The van der Waals surface area contributed by atoms with Gasteiger partial charge in [0.1, 0.15) is 0 Å². The summed E-state index contributed by atoms with van der Waals surface area (Å²) >= 11 is 0. The number of hydrogen-bond donors (Lipinski definition) is 1. The van der Waals surface area contributed by atoms with Gasteiger partial charge in [-0.3, -0.25) is 5.01 Å². The summed E-state index contributed by atoms with van der Waals surface area (Å²) < 4.78 is 0. The SMILES string of the molecule is C1=CN(c2ccccc2)NN1Oc1ccccc1. The first-order valence-electron chi connectivity index (χ1n) is 5.73. The molecule has 1 N–H and O–H groups in total. The summed E-state index contributed by atoms with van der Waals surface area (Å²) in [4.78, 5) is 5.62. The van der Waals surface area contributed by atoms with Crippen LogP contribution in [0.4, 0.5) is 5.69 Å². The summed E-state index contributed by atoms with van der Waals surface area (Å²) in [5.41, 5.74) is 4.14. The fourth-order valence-electron chi connectivity index (χ4n) is 1.68. The van der Waals surface area contributed by atoms with E-state index in [1.165, 1.54) is 0 Å².